The van der Waals surface area contributed by atoms with Gasteiger partial charge in [-0.3, -0.25) is 4.98 Å². The van der Waals surface area contributed by atoms with Gasteiger partial charge in [0.15, 0.2) is 0 Å². The smallest absolute Gasteiger partial charge is 0.0884 e. The molecule has 0 saturated carbocycles. The van der Waals surface area contributed by atoms with Crippen molar-refractivity contribution in [3.8, 4) is 0 Å². The normalized spacial score (nSPS) is 11.5. The van der Waals surface area contributed by atoms with Crippen LogP contribution in [0, 0.1) is 0 Å². The second-order valence-electron chi connectivity index (χ2n) is 4.40. The summed E-state index contributed by atoms with van der Waals surface area (Å²) in [5, 5.41) is 12.9. The summed E-state index contributed by atoms with van der Waals surface area (Å²) in [4.78, 5) is 4.10. The van der Waals surface area contributed by atoms with Gasteiger partial charge in [-0.15, -0.1) is 0 Å². The van der Waals surface area contributed by atoms with Crippen molar-refractivity contribution in [2.24, 2.45) is 0 Å². The summed E-state index contributed by atoms with van der Waals surface area (Å²) in [5.41, 5.74) is 0.941. The first-order chi connectivity index (χ1) is 6.95. The maximum atomic E-state index is 11.9. The quantitative estimate of drug-likeness (QED) is 0.717. The van der Waals surface area contributed by atoms with Gasteiger partial charge < -0.3 is 4.74 Å². The van der Waals surface area contributed by atoms with Crippen LogP contribution in [-0.2, 0) is 16.6 Å². The predicted octanol–water partition coefficient (Wildman–Crippen LogP) is 2.18. The highest BCUT2D eigenvalue weighted by atomic mass is 16.5. The summed E-state index contributed by atoms with van der Waals surface area (Å²) in [6, 6.07) is 3.46. The predicted molar refractivity (Wildman–Crippen MR) is 57.9 cm³/mol. The minimum atomic E-state index is -0.439. The molecule has 4 heteroatoms. The van der Waals surface area contributed by atoms with Crippen molar-refractivity contribution in [3.63, 3.8) is 0 Å². The van der Waals surface area contributed by atoms with Crippen LogP contribution in [0.25, 0.3) is 0 Å². The SMILES string of the molecule is COCc1cc(N([O])C(C)(C)C)ccn1. The summed E-state index contributed by atoms with van der Waals surface area (Å²) in [6.45, 7) is 6.04. The molecule has 4 nitrogen and oxygen atoms in total. The third-order valence-corrected chi connectivity index (χ3v) is 1.94. The molecule has 0 saturated heterocycles. The Hall–Kier alpha value is -1.13. The molecule has 1 heterocycles. The highest BCUT2D eigenvalue weighted by molar-refractivity contribution is 5.45. The van der Waals surface area contributed by atoms with Gasteiger partial charge in [-0.25, -0.2) is 5.06 Å². The number of hydroxylamine groups is 1. The molecule has 1 rings (SSSR count). The number of ether oxygens (including phenoxy) is 1. The van der Waals surface area contributed by atoms with Crippen molar-refractivity contribution in [2.75, 3.05) is 12.2 Å². The van der Waals surface area contributed by atoms with Crippen LogP contribution in [0.2, 0.25) is 0 Å². The maximum Gasteiger partial charge on any atom is 0.0884 e. The average Bonchev–Trinajstić information content (AvgIpc) is 2.16. The highest BCUT2D eigenvalue weighted by Gasteiger charge is 2.21. The van der Waals surface area contributed by atoms with Crippen LogP contribution in [0.3, 0.4) is 0 Å². The molecular weight excluding hydrogens is 192 g/mol. The first-order valence-corrected chi connectivity index (χ1v) is 4.86. The van der Waals surface area contributed by atoms with Crippen LogP contribution in [0.4, 0.5) is 5.69 Å². The van der Waals surface area contributed by atoms with Crippen LogP contribution < -0.4 is 5.06 Å². The molecule has 0 atom stereocenters. The van der Waals surface area contributed by atoms with Gasteiger partial charge in [0.2, 0.25) is 0 Å². The van der Waals surface area contributed by atoms with E-state index < -0.39 is 5.54 Å². The zero-order valence-electron chi connectivity index (χ0n) is 9.65. The Bertz CT molecular complexity index is 321. The minimum Gasteiger partial charge on any atom is -0.378 e. The molecule has 0 spiro atoms. The second-order valence-corrected chi connectivity index (χ2v) is 4.40. The molecule has 83 valence electrons. The average molecular weight is 209 g/mol. The third kappa shape index (κ3) is 3.18. The van der Waals surface area contributed by atoms with Crippen molar-refractivity contribution >= 4 is 5.69 Å². The van der Waals surface area contributed by atoms with E-state index in [9.17, 15) is 5.21 Å². The molecule has 0 aliphatic carbocycles. The van der Waals surface area contributed by atoms with Gasteiger partial charge in [0.05, 0.1) is 23.5 Å². The highest BCUT2D eigenvalue weighted by Crippen LogP contribution is 2.21. The van der Waals surface area contributed by atoms with E-state index in [0.29, 0.717) is 12.3 Å². The molecule has 0 fully saturated rings. The monoisotopic (exact) mass is 209 g/mol. The third-order valence-electron chi connectivity index (χ3n) is 1.94. The molecule has 0 aromatic carbocycles. The van der Waals surface area contributed by atoms with Gasteiger partial charge >= 0.3 is 0 Å². The van der Waals surface area contributed by atoms with Gasteiger partial charge in [0.1, 0.15) is 0 Å². The lowest BCUT2D eigenvalue weighted by molar-refractivity contribution is 0.102. The zero-order chi connectivity index (χ0) is 11.5. The topological polar surface area (TPSA) is 45.3 Å². The molecule has 15 heavy (non-hydrogen) atoms. The van der Waals surface area contributed by atoms with E-state index in [-0.39, 0.29) is 0 Å². The maximum absolute atomic E-state index is 11.9. The van der Waals surface area contributed by atoms with Crippen LogP contribution in [0.5, 0.6) is 0 Å². The molecule has 0 bridgehead atoms. The number of hydrogen-bond acceptors (Lipinski definition) is 3. The molecule has 0 unspecified atom stereocenters. The lowest BCUT2D eigenvalue weighted by Crippen LogP contribution is -2.37. The summed E-state index contributed by atoms with van der Waals surface area (Å²) in [7, 11) is 1.60. The van der Waals surface area contributed by atoms with Gasteiger partial charge in [-0.05, 0) is 32.9 Å². The van der Waals surface area contributed by atoms with E-state index in [2.05, 4.69) is 4.98 Å². The molecule has 0 N–H and O–H groups in total. The fourth-order valence-electron chi connectivity index (χ4n) is 1.21. The van der Waals surface area contributed by atoms with Crippen LogP contribution in [-0.4, -0.2) is 17.6 Å². The summed E-state index contributed by atoms with van der Waals surface area (Å²) < 4.78 is 4.97. The molecule has 0 amide bonds. The largest absolute Gasteiger partial charge is 0.378 e. The Labute approximate surface area is 90.5 Å². The van der Waals surface area contributed by atoms with Crippen LogP contribution in [0.15, 0.2) is 18.3 Å². The summed E-state index contributed by atoms with van der Waals surface area (Å²) in [5.74, 6) is 0. The molecule has 0 aliphatic rings. The number of methoxy groups -OCH3 is 1. The fourth-order valence-corrected chi connectivity index (χ4v) is 1.21. The summed E-state index contributed by atoms with van der Waals surface area (Å²) in [6.07, 6.45) is 1.63. The lowest BCUT2D eigenvalue weighted by Gasteiger charge is -2.28. The van der Waals surface area contributed by atoms with E-state index in [1.165, 1.54) is 0 Å². The van der Waals surface area contributed by atoms with E-state index in [0.717, 1.165) is 10.8 Å². The number of aromatic nitrogens is 1. The van der Waals surface area contributed by atoms with Crippen LogP contribution in [0.1, 0.15) is 26.5 Å². The molecular formula is C11H17N2O2. The van der Waals surface area contributed by atoms with E-state index in [1.54, 1.807) is 25.4 Å². The molecule has 0 aliphatic heterocycles. The first kappa shape index (κ1) is 11.9. The number of nitrogens with zero attached hydrogens (tertiary/aromatic N) is 2. The first-order valence-electron chi connectivity index (χ1n) is 4.86. The lowest BCUT2D eigenvalue weighted by atomic mass is 10.1. The van der Waals surface area contributed by atoms with Crippen molar-refractivity contribution in [1.29, 1.82) is 0 Å². The Morgan fingerprint density at radius 3 is 2.67 bits per heavy atom. The second kappa shape index (κ2) is 4.59. The molecule has 1 aromatic heterocycles. The van der Waals surface area contributed by atoms with Gasteiger partial charge in [0, 0.05) is 13.3 Å². The fraction of sp³-hybridized carbons (Fsp3) is 0.545. The van der Waals surface area contributed by atoms with Crippen molar-refractivity contribution in [3.05, 3.63) is 24.0 Å². The Balaban J connectivity index is 2.90. The van der Waals surface area contributed by atoms with Crippen LogP contribution >= 0.6 is 0 Å². The number of anilines is 1. The van der Waals surface area contributed by atoms with Crippen molar-refractivity contribution in [1.82, 2.24) is 4.98 Å². The molecule has 1 aromatic rings. The zero-order valence-corrected chi connectivity index (χ0v) is 9.65. The Kier molecular flexibility index (Phi) is 3.66. The van der Waals surface area contributed by atoms with Crippen molar-refractivity contribution in [2.45, 2.75) is 32.9 Å². The Morgan fingerprint density at radius 2 is 2.13 bits per heavy atom. The van der Waals surface area contributed by atoms with Crippen molar-refractivity contribution < 1.29 is 9.94 Å². The number of pyridine rings is 1. The molecule has 1 radical (unpaired) electrons. The van der Waals surface area contributed by atoms with E-state index in [1.807, 2.05) is 20.8 Å². The standard InChI is InChI=1S/C11H17N2O2/c1-11(2,3)13(14)10-5-6-12-9(7-10)8-15-4/h5-7H,8H2,1-4H3. The number of rotatable bonds is 3. The van der Waals surface area contributed by atoms with Gasteiger partial charge in [-0.1, -0.05) is 5.21 Å². The van der Waals surface area contributed by atoms with Gasteiger partial charge in [0.25, 0.3) is 0 Å². The summed E-state index contributed by atoms with van der Waals surface area (Å²) >= 11 is 0. The van der Waals surface area contributed by atoms with Gasteiger partial charge in [-0.2, -0.15) is 0 Å². The Morgan fingerprint density at radius 1 is 1.47 bits per heavy atom. The minimum absolute atomic E-state index is 0.422. The van der Waals surface area contributed by atoms with E-state index >= 15 is 0 Å². The van der Waals surface area contributed by atoms with E-state index in [4.69, 9.17) is 4.74 Å². The number of hydrogen-bond donors (Lipinski definition) is 0.